The Bertz CT molecular complexity index is 866. The van der Waals surface area contributed by atoms with Gasteiger partial charge in [0.15, 0.2) is 0 Å². The first-order valence-corrected chi connectivity index (χ1v) is 9.81. The lowest BCUT2D eigenvalue weighted by molar-refractivity contribution is 0.0960. The molecule has 0 bridgehead atoms. The predicted molar refractivity (Wildman–Crippen MR) is 102 cm³/mol. The molecule has 1 amide bonds. The number of anilines is 1. The Morgan fingerprint density at radius 3 is 2.69 bits per heavy atom. The molecular formula is C19H18ClN3O2S. The first-order valence-electron chi connectivity index (χ1n) is 8.62. The average Bonchev–Trinajstić information content (AvgIpc) is 2.98. The van der Waals surface area contributed by atoms with Crippen LogP contribution in [0.25, 0.3) is 0 Å². The molecule has 0 spiro atoms. The van der Waals surface area contributed by atoms with Crippen molar-refractivity contribution in [3.05, 3.63) is 50.9 Å². The number of carbonyl (C=O) groups is 1. The van der Waals surface area contributed by atoms with E-state index in [0.29, 0.717) is 35.2 Å². The van der Waals surface area contributed by atoms with Crippen LogP contribution in [-0.2, 0) is 4.74 Å². The molecule has 0 saturated carbocycles. The van der Waals surface area contributed by atoms with E-state index in [1.165, 1.54) is 11.3 Å². The Morgan fingerprint density at radius 1 is 1.27 bits per heavy atom. The van der Waals surface area contributed by atoms with Crippen LogP contribution in [0.4, 0.5) is 5.00 Å². The van der Waals surface area contributed by atoms with Crippen molar-refractivity contribution in [2.45, 2.75) is 12.3 Å². The smallest absolute Gasteiger partial charge is 0.261 e. The van der Waals surface area contributed by atoms with Crippen molar-refractivity contribution in [3.8, 4) is 6.07 Å². The van der Waals surface area contributed by atoms with Crippen LogP contribution in [0.3, 0.4) is 0 Å². The highest BCUT2D eigenvalue weighted by atomic mass is 35.5. The van der Waals surface area contributed by atoms with Crippen molar-refractivity contribution in [1.82, 2.24) is 5.32 Å². The van der Waals surface area contributed by atoms with Gasteiger partial charge in [0.1, 0.15) is 11.1 Å². The molecule has 4 rings (SSSR count). The van der Waals surface area contributed by atoms with Gasteiger partial charge in [0.2, 0.25) is 0 Å². The summed E-state index contributed by atoms with van der Waals surface area (Å²) >= 11 is 7.46. The molecular weight excluding hydrogens is 370 g/mol. The molecule has 134 valence electrons. The van der Waals surface area contributed by atoms with Gasteiger partial charge in [0, 0.05) is 36.1 Å². The Labute approximate surface area is 161 Å². The maximum absolute atomic E-state index is 12.6. The minimum Gasteiger partial charge on any atom is -0.378 e. The maximum atomic E-state index is 12.6. The van der Waals surface area contributed by atoms with E-state index in [1.807, 2.05) is 24.3 Å². The lowest BCUT2D eigenvalue weighted by Crippen LogP contribution is -2.36. The predicted octanol–water partition coefficient (Wildman–Crippen LogP) is 3.38. The zero-order valence-corrected chi connectivity index (χ0v) is 15.7. The minimum atomic E-state index is -0.0857. The fraction of sp³-hybridized carbons (Fsp3) is 0.368. The van der Waals surface area contributed by atoms with E-state index in [1.54, 1.807) is 0 Å². The van der Waals surface area contributed by atoms with Crippen molar-refractivity contribution >= 4 is 33.8 Å². The Balaban J connectivity index is 1.85. The third-order valence-corrected chi connectivity index (χ3v) is 6.40. The number of rotatable bonds is 2. The Hall–Kier alpha value is -2.07. The quantitative estimate of drug-likeness (QED) is 0.857. The van der Waals surface area contributed by atoms with Gasteiger partial charge >= 0.3 is 0 Å². The highest BCUT2D eigenvalue weighted by Crippen LogP contribution is 2.44. The van der Waals surface area contributed by atoms with Crippen LogP contribution in [0.1, 0.15) is 38.7 Å². The molecule has 0 aliphatic carbocycles. The molecule has 1 aromatic heterocycles. The summed E-state index contributed by atoms with van der Waals surface area (Å²) in [7, 11) is 0. The number of thiophene rings is 1. The van der Waals surface area contributed by atoms with Crippen molar-refractivity contribution < 1.29 is 9.53 Å². The summed E-state index contributed by atoms with van der Waals surface area (Å²) in [5.74, 6) is -0.0839. The van der Waals surface area contributed by atoms with Crippen LogP contribution < -0.4 is 10.2 Å². The molecule has 2 aromatic rings. The first kappa shape index (κ1) is 17.3. The summed E-state index contributed by atoms with van der Waals surface area (Å²) < 4.78 is 5.43. The SMILES string of the molecule is N#Cc1c(N2CCOCC2)sc2c1C(c1ccc(Cl)cc1)CCNC2=O. The number of morpholine rings is 1. The number of nitriles is 1. The number of amides is 1. The zero-order chi connectivity index (χ0) is 18.1. The lowest BCUT2D eigenvalue weighted by Gasteiger charge is -2.28. The highest BCUT2D eigenvalue weighted by molar-refractivity contribution is 7.18. The zero-order valence-electron chi connectivity index (χ0n) is 14.1. The van der Waals surface area contributed by atoms with Gasteiger partial charge in [-0.15, -0.1) is 11.3 Å². The summed E-state index contributed by atoms with van der Waals surface area (Å²) in [6, 6.07) is 10.1. The van der Waals surface area contributed by atoms with E-state index in [2.05, 4.69) is 16.3 Å². The number of fused-ring (bicyclic) bond motifs is 1. The third kappa shape index (κ3) is 3.07. The van der Waals surface area contributed by atoms with Gasteiger partial charge in [0.05, 0.1) is 23.7 Å². The van der Waals surface area contributed by atoms with Crippen LogP contribution >= 0.6 is 22.9 Å². The van der Waals surface area contributed by atoms with Gasteiger partial charge in [-0.25, -0.2) is 0 Å². The largest absolute Gasteiger partial charge is 0.378 e. The monoisotopic (exact) mass is 387 g/mol. The van der Waals surface area contributed by atoms with Gasteiger partial charge in [0.25, 0.3) is 5.91 Å². The maximum Gasteiger partial charge on any atom is 0.261 e. The molecule has 3 heterocycles. The van der Waals surface area contributed by atoms with Crippen molar-refractivity contribution in [2.75, 3.05) is 37.7 Å². The number of hydrogen-bond acceptors (Lipinski definition) is 5. The molecule has 1 atom stereocenters. The van der Waals surface area contributed by atoms with Crippen LogP contribution in [0.15, 0.2) is 24.3 Å². The summed E-state index contributed by atoms with van der Waals surface area (Å²) in [4.78, 5) is 15.4. The average molecular weight is 388 g/mol. The Morgan fingerprint density at radius 2 is 2.00 bits per heavy atom. The van der Waals surface area contributed by atoms with Crippen molar-refractivity contribution in [1.29, 1.82) is 5.26 Å². The van der Waals surface area contributed by atoms with E-state index in [9.17, 15) is 10.1 Å². The van der Waals surface area contributed by atoms with Crippen LogP contribution in [-0.4, -0.2) is 38.8 Å². The van der Waals surface area contributed by atoms with E-state index in [0.717, 1.165) is 35.6 Å². The van der Waals surface area contributed by atoms with Crippen LogP contribution in [0, 0.1) is 11.3 Å². The first-order chi connectivity index (χ1) is 12.7. The van der Waals surface area contributed by atoms with Gasteiger partial charge < -0.3 is 15.0 Å². The molecule has 7 heteroatoms. The number of benzene rings is 1. The fourth-order valence-corrected chi connectivity index (χ4v) is 5.02. The second kappa shape index (κ2) is 7.28. The van der Waals surface area contributed by atoms with Crippen molar-refractivity contribution in [3.63, 3.8) is 0 Å². The molecule has 2 aliphatic rings. The van der Waals surface area contributed by atoms with Crippen molar-refractivity contribution in [2.24, 2.45) is 0 Å². The van der Waals surface area contributed by atoms with E-state index >= 15 is 0 Å². The third-order valence-electron chi connectivity index (χ3n) is 4.88. The van der Waals surface area contributed by atoms with E-state index in [-0.39, 0.29) is 11.8 Å². The molecule has 2 aliphatic heterocycles. The number of carbonyl (C=O) groups excluding carboxylic acids is 1. The number of nitrogens with zero attached hydrogens (tertiary/aromatic N) is 2. The highest BCUT2D eigenvalue weighted by Gasteiger charge is 2.33. The van der Waals surface area contributed by atoms with Gasteiger partial charge in [-0.1, -0.05) is 23.7 Å². The summed E-state index contributed by atoms with van der Waals surface area (Å²) in [6.07, 6.45) is 0.758. The molecule has 1 aromatic carbocycles. The van der Waals surface area contributed by atoms with Crippen LogP contribution in [0.2, 0.25) is 5.02 Å². The molecule has 0 radical (unpaired) electrons. The summed E-state index contributed by atoms with van der Waals surface area (Å²) in [5.41, 5.74) is 2.56. The molecule has 1 fully saturated rings. The summed E-state index contributed by atoms with van der Waals surface area (Å²) in [6.45, 7) is 3.34. The van der Waals surface area contributed by atoms with Gasteiger partial charge in [-0.3, -0.25) is 4.79 Å². The number of ether oxygens (including phenoxy) is 1. The van der Waals surface area contributed by atoms with E-state index < -0.39 is 0 Å². The summed E-state index contributed by atoms with van der Waals surface area (Å²) in [5, 5.41) is 14.5. The van der Waals surface area contributed by atoms with Gasteiger partial charge in [-0.2, -0.15) is 5.26 Å². The standard InChI is InChI=1S/C19H18ClN3O2S/c20-13-3-1-12(2-4-13)14-5-6-22-18(24)17-16(14)15(11-21)19(26-17)23-7-9-25-10-8-23/h1-4,14H,5-10H2,(H,22,24). The number of hydrogen-bond donors (Lipinski definition) is 1. The van der Waals surface area contributed by atoms with Crippen LogP contribution in [0.5, 0.6) is 0 Å². The molecule has 1 saturated heterocycles. The minimum absolute atomic E-state index is 0.00177. The Kier molecular flexibility index (Phi) is 4.86. The second-order valence-corrected chi connectivity index (χ2v) is 7.82. The molecule has 26 heavy (non-hydrogen) atoms. The number of halogens is 1. The molecule has 1 N–H and O–H groups in total. The lowest BCUT2D eigenvalue weighted by atomic mass is 9.87. The topological polar surface area (TPSA) is 65.4 Å². The normalized spacial score (nSPS) is 20.1. The second-order valence-electron chi connectivity index (χ2n) is 6.38. The number of nitrogens with one attached hydrogen (secondary N) is 1. The fourth-order valence-electron chi connectivity index (χ4n) is 3.61. The molecule has 1 unspecified atom stereocenters. The van der Waals surface area contributed by atoms with E-state index in [4.69, 9.17) is 16.3 Å². The molecule has 5 nitrogen and oxygen atoms in total. The van der Waals surface area contributed by atoms with Gasteiger partial charge in [-0.05, 0) is 24.1 Å².